The van der Waals surface area contributed by atoms with E-state index in [0.717, 1.165) is 0 Å². The summed E-state index contributed by atoms with van der Waals surface area (Å²) in [6, 6.07) is -1.02. The number of aliphatic hydroxyl groups excluding tert-OH is 5. The second kappa shape index (κ2) is 10.1. The molecule has 2 aliphatic rings. The summed E-state index contributed by atoms with van der Waals surface area (Å²) in [5, 5.41) is 52.6. The summed E-state index contributed by atoms with van der Waals surface area (Å²) in [7, 11) is 0. The number of hydrogen-bond acceptors (Lipinski definition) is 10. The molecule has 0 aliphatic carbocycles. The Morgan fingerprint density at radius 1 is 1.11 bits per heavy atom. The minimum Gasteiger partial charge on any atom is -0.394 e. The average molecular weight is 407 g/mol. The molecule has 0 radical (unpaired) electrons. The van der Waals surface area contributed by atoms with Crippen LogP contribution in [0.3, 0.4) is 0 Å². The van der Waals surface area contributed by atoms with E-state index >= 15 is 0 Å². The molecule has 6 N–H and O–H groups in total. The number of amides is 1. The van der Waals surface area contributed by atoms with Crippen molar-refractivity contribution in [3.8, 4) is 0 Å². The zero-order valence-corrected chi connectivity index (χ0v) is 15.7. The number of hydrogen-bond donors (Lipinski definition) is 6. The van der Waals surface area contributed by atoms with Crippen molar-refractivity contribution in [2.24, 2.45) is 0 Å². The Morgan fingerprint density at radius 2 is 1.79 bits per heavy atom. The molecule has 11 nitrogen and oxygen atoms in total. The first-order valence-corrected chi connectivity index (χ1v) is 9.00. The fourth-order valence-corrected chi connectivity index (χ4v) is 3.20. The zero-order valence-electron chi connectivity index (χ0n) is 15.7. The van der Waals surface area contributed by atoms with Gasteiger partial charge in [0.25, 0.3) is 0 Å². The molecule has 162 valence electrons. The van der Waals surface area contributed by atoms with Crippen molar-refractivity contribution in [1.82, 2.24) is 5.32 Å². The predicted molar refractivity (Wildman–Crippen MR) is 92.7 cm³/mol. The lowest BCUT2D eigenvalue weighted by molar-refractivity contribution is -0.340. The number of ether oxygens (including phenoxy) is 4. The van der Waals surface area contributed by atoms with Crippen LogP contribution in [-0.4, -0.2) is 106 Å². The van der Waals surface area contributed by atoms with Gasteiger partial charge >= 0.3 is 0 Å². The molecule has 2 fully saturated rings. The Kier molecular flexibility index (Phi) is 8.30. The summed E-state index contributed by atoms with van der Waals surface area (Å²) in [6.07, 6.45) is -10.1. The van der Waals surface area contributed by atoms with Crippen molar-refractivity contribution in [2.75, 3.05) is 13.2 Å². The van der Waals surface area contributed by atoms with Crippen molar-refractivity contribution >= 4 is 5.91 Å². The molecule has 0 unspecified atom stereocenters. The van der Waals surface area contributed by atoms with Crippen LogP contribution in [0.4, 0.5) is 0 Å². The second-order valence-corrected chi connectivity index (χ2v) is 6.85. The van der Waals surface area contributed by atoms with Gasteiger partial charge in [-0.1, -0.05) is 6.08 Å². The van der Waals surface area contributed by atoms with Gasteiger partial charge in [-0.15, -0.1) is 6.58 Å². The molecule has 0 spiro atoms. The second-order valence-electron chi connectivity index (χ2n) is 6.85. The van der Waals surface area contributed by atoms with Gasteiger partial charge in [-0.25, -0.2) is 0 Å². The maximum absolute atomic E-state index is 11.7. The van der Waals surface area contributed by atoms with E-state index in [1.54, 1.807) is 0 Å². The van der Waals surface area contributed by atoms with Gasteiger partial charge in [-0.05, 0) is 6.92 Å². The molecule has 0 bridgehead atoms. The van der Waals surface area contributed by atoms with E-state index in [0.29, 0.717) is 0 Å². The van der Waals surface area contributed by atoms with Gasteiger partial charge in [-0.3, -0.25) is 4.79 Å². The lowest BCUT2D eigenvalue weighted by atomic mass is 9.95. The Morgan fingerprint density at radius 3 is 2.36 bits per heavy atom. The first-order valence-electron chi connectivity index (χ1n) is 9.00. The Balaban J connectivity index is 2.26. The third-order valence-corrected chi connectivity index (χ3v) is 4.70. The molecule has 11 heteroatoms. The number of nitrogens with one attached hydrogen (secondary N) is 1. The van der Waals surface area contributed by atoms with E-state index in [1.807, 2.05) is 0 Å². The van der Waals surface area contributed by atoms with Gasteiger partial charge in [0, 0.05) is 6.92 Å². The van der Waals surface area contributed by atoms with Gasteiger partial charge in [0.05, 0.1) is 19.3 Å². The molecule has 0 aromatic rings. The van der Waals surface area contributed by atoms with E-state index < -0.39 is 73.9 Å². The van der Waals surface area contributed by atoms with Crippen LogP contribution in [0.1, 0.15) is 13.8 Å². The molecule has 2 saturated heterocycles. The number of carbonyl (C=O) groups excluding carboxylic acids is 1. The van der Waals surface area contributed by atoms with Gasteiger partial charge in [0.15, 0.2) is 12.6 Å². The normalized spacial score (nSPS) is 44.1. The Labute approximate surface area is 162 Å². The molecule has 2 heterocycles. The topological polar surface area (TPSA) is 167 Å². The zero-order chi connectivity index (χ0) is 21.0. The minimum absolute atomic E-state index is 0.0617. The van der Waals surface area contributed by atoms with Crippen LogP contribution in [0.5, 0.6) is 0 Å². The molecule has 0 aromatic heterocycles. The average Bonchev–Trinajstić information content (AvgIpc) is 2.65. The Hall–Kier alpha value is -1.15. The summed E-state index contributed by atoms with van der Waals surface area (Å²) in [5.74, 6) is -0.460. The largest absolute Gasteiger partial charge is 0.394 e. The van der Waals surface area contributed by atoms with Crippen molar-refractivity contribution in [1.29, 1.82) is 0 Å². The summed E-state index contributed by atoms with van der Waals surface area (Å²) < 4.78 is 22.1. The molecule has 2 rings (SSSR count). The maximum atomic E-state index is 11.7. The fourth-order valence-electron chi connectivity index (χ4n) is 3.20. The quantitative estimate of drug-likeness (QED) is 0.239. The molecular weight excluding hydrogens is 378 g/mol. The van der Waals surface area contributed by atoms with Gasteiger partial charge in [0.2, 0.25) is 5.91 Å². The van der Waals surface area contributed by atoms with Crippen molar-refractivity contribution in [3.63, 3.8) is 0 Å². The predicted octanol–water partition coefficient (Wildman–Crippen LogP) is -3.02. The van der Waals surface area contributed by atoms with E-state index in [2.05, 4.69) is 11.9 Å². The summed E-state index contributed by atoms with van der Waals surface area (Å²) in [6.45, 7) is 5.76. The lowest BCUT2D eigenvalue weighted by Crippen LogP contribution is -2.67. The molecule has 0 aromatic carbocycles. The first-order chi connectivity index (χ1) is 13.2. The highest BCUT2D eigenvalue weighted by Gasteiger charge is 2.51. The van der Waals surface area contributed by atoms with Crippen LogP contribution in [-0.2, 0) is 23.7 Å². The van der Waals surface area contributed by atoms with Crippen LogP contribution in [0.25, 0.3) is 0 Å². The first kappa shape index (κ1) is 23.1. The maximum Gasteiger partial charge on any atom is 0.217 e. The third kappa shape index (κ3) is 5.06. The SMILES string of the molecule is C=CCO[C@H]1O[C@H](CO)[C@H](O)[C@H](O[C@@H]2O[C@H](C)[C@H](O)[C@H](O)[C@H]2O)[C@H]1NC(C)=O. The van der Waals surface area contributed by atoms with Gasteiger partial charge in [0.1, 0.15) is 42.7 Å². The number of aliphatic hydroxyl groups is 5. The van der Waals surface area contributed by atoms with E-state index in [-0.39, 0.29) is 6.61 Å². The molecule has 0 saturated carbocycles. The minimum atomic E-state index is -1.61. The summed E-state index contributed by atoms with van der Waals surface area (Å²) in [4.78, 5) is 11.7. The van der Waals surface area contributed by atoms with Crippen LogP contribution in [0.15, 0.2) is 12.7 Å². The van der Waals surface area contributed by atoms with Crippen molar-refractivity contribution in [3.05, 3.63) is 12.7 Å². The van der Waals surface area contributed by atoms with Crippen LogP contribution >= 0.6 is 0 Å². The standard InChI is InChI=1S/C17H29NO10/c1-4-5-25-16-10(18-8(3)20)15(12(22)9(6-19)27-16)28-17-14(24)13(23)11(21)7(2)26-17/h4,7,9-17,19,21-24H,1,5-6H2,2-3H3,(H,18,20)/t7-,9-,10-,11+,12+,13+,14-,15-,16+,17+/m1/s1. The van der Waals surface area contributed by atoms with Crippen molar-refractivity contribution < 1.29 is 49.3 Å². The van der Waals surface area contributed by atoms with Gasteiger partial charge in [-0.2, -0.15) is 0 Å². The molecular formula is C17H29NO10. The fraction of sp³-hybridized carbons (Fsp3) is 0.824. The molecule has 1 amide bonds. The lowest BCUT2D eigenvalue weighted by Gasteiger charge is -2.47. The highest BCUT2D eigenvalue weighted by Crippen LogP contribution is 2.29. The third-order valence-electron chi connectivity index (χ3n) is 4.70. The highest BCUT2D eigenvalue weighted by atomic mass is 16.7. The monoisotopic (exact) mass is 407 g/mol. The van der Waals surface area contributed by atoms with Crippen LogP contribution in [0.2, 0.25) is 0 Å². The smallest absolute Gasteiger partial charge is 0.217 e. The summed E-state index contributed by atoms with van der Waals surface area (Å²) in [5.41, 5.74) is 0. The van der Waals surface area contributed by atoms with E-state index in [4.69, 9.17) is 18.9 Å². The Bertz CT molecular complexity index is 534. The van der Waals surface area contributed by atoms with Gasteiger partial charge < -0.3 is 49.8 Å². The van der Waals surface area contributed by atoms with E-state index in [9.17, 15) is 30.3 Å². The molecule has 10 atom stereocenters. The number of carbonyl (C=O) groups is 1. The van der Waals surface area contributed by atoms with Crippen LogP contribution < -0.4 is 5.32 Å². The van der Waals surface area contributed by atoms with E-state index in [1.165, 1.54) is 19.9 Å². The van der Waals surface area contributed by atoms with Crippen LogP contribution in [0, 0.1) is 0 Å². The molecule has 2 aliphatic heterocycles. The summed E-state index contributed by atoms with van der Waals surface area (Å²) >= 11 is 0. The highest BCUT2D eigenvalue weighted by molar-refractivity contribution is 5.73. The van der Waals surface area contributed by atoms with Crippen molar-refractivity contribution in [2.45, 2.75) is 75.2 Å². The number of rotatable bonds is 7. The molecule has 28 heavy (non-hydrogen) atoms.